The normalized spacial score (nSPS) is 26.8. The predicted octanol–water partition coefficient (Wildman–Crippen LogP) is 2.08. The number of hydrogen-bond donors (Lipinski definition) is 5. The highest BCUT2D eigenvalue weighted by molar-refractivity contribution is 6.24. The molecule has 3 aliphatic carbocycles. The Morgan fingerprint density at radius 2 is 1.82 bits per heavy atom. The van der Waals surface area contributed by atoms with Crippen LogP contribution in [-0.4, -0.2) is 68.5 Å². The zero-order valence-corrected chi connectivity index (χ0v) is 20.9. The minimum Gasteiger partial charge on any atom is -0.508 e. The molecule has 0 aliphatic heterocycles. The minimum atomic E-state index is -2.69. The molecule has 6 N–H and O–H groups in total. The van der Waals surface area contributed by atoms with E-state index in [1.165, 1.54) is 17.0 Å². The van der Waals surface area contributed by atoms with Gasteiger partial charge in [0.25, 0.3) is 5.91 Å². The Labute approximate surface area is 217 Å². The number of ketones is 2. The second-order valence-corrected chi connectivity index (χ2v) is 10.4. The summed E-state index contributed by atoms with van der Waals surface area (Å²) in [4.78, 5) is 40.6. The van der Waals surface area contributed by atoms with Crippen molar-refractivity contribution < 1.29 is 39.2 Å². The van der Waals surface area contributed by atoms with E-state index in [0.717, 1.165) is 0 Å². The van der Waals surface area contributed by atoms with Gasteiger partial charge in [0.2, 0.25) is 5.78 Å². The van der Waals surface area contributed by atoms with Gasteiger partial charge in [-0.3, -0.25) is 19.3 Å². The van der Waals surface area contributed by atoms with Crippen molar-refractivity contribution in [3.8, 4) is 16.9 Å². The Bertz CT molecular complexity index is 1510. The molecule has 0 aromatic heterocycles. The van der Waals surface area contributed by atoms with Gasteiger partial charge < -0.3 is 26.2 Å². The van der Waals surface area contributed by atoms with Crippen LogP contribution in [0.1, 0.15) is 23.1 Å². The maximum atomic E-state index is 13.9. The number of benzene rings is 2. The molecule has 3 aliphatic rings. The van der Waals surface area contributed by atoms with Crippen LogP contribution < -0.4 is 5.73 Å². The fourth-order valence-electron chi connectivity index (χ4n) is 6.33. The van der Waals surface area contributed by atoms with E-state index in [1.807, 2.05) is 0 Å². The van der Waals surface area contributed by atoms with Crippen LogP contribution in [0, 0.1) is 24.6 Å². The second-order valence-electron chi connectivity index (χ2n) is 10.4. The number of phenolic OH excluding ortho intramolecular Hbond substituents is 1. The number of rotatable bonds is 3. The first-order valence-electron chi connectivity index (χ1n) is 12.1. The van der Waals surface area contributed by atoms with Crippen LogP contribution in [0.3, 0.4) is 0 Å². The monoisotopic (exact) mass is 522 g/mol. The lowest BCUT2D eigenvalue weighted by molar-refractivity contribution is -0.153. The number of hydrogen-bond acceptors (Lipinski definition) is 8. The second kappa shape index (κ2) is 8.50. The number of likely N-dealkylation sites (N-methyl/N-ethyl adjacent to an activating group) is 1. The number of halogens is 1. The molecule has 2 aromatic carbocycles. The summed E-state index contributed by atoms with van der Waals surface area (Å²) in [5.41, 5.74) is 3.72. The standard InChI is InChI=1S/C28H27FN2O7/c1-11-8-12(4-6-17(11)29)14-5-7-18(32)20-15(14)9-13-10-16-22(31(2)3)24(34)21(27(30)37)26(36)28(16,38)25(35)19(13)23(20)33/h4-8,13,16,22,32-33,36,38H,9-10H2,1-3H3,(H2,30,37)/t13-,16?,22-,28-/m0/s1. The number of carbonyl (C=O) groups is 3. The third kappa shape index (κ3) is 3.33. The van der Waals surface area contributed by atoms with Gasteiger partial charge in [0, 0.05) is 11.5 Å². The highest BCUT2D eigenvalue weighted by Crippen LogP contribution is 2.53. The molecule has 0 radical (unpaired) electrons. The molecule has 0 spiro atoms. The highest BCUT2D eigenvalue weighted by Gasteiger charge is 2.64. The van der Waals surface area contributed by atoms with E-state index in [4.69, 9.17) is 5.73 Å². The first kappa shape index (κ1) is 25.6. The van der Waals surface area contributed by atoms with Crippen molar-refractivity contribution >= 4 is 23.2 Å². The number of aryl methyl sites for hydroxylation is 1. The van der Waals surface area contributed by atoms with Gasteiger partial charge in [-0.25, -0.2) is 4.39 Å². The fourth-order valence-corrected chi connectivity index (χ4v) is 6.33. The van der Waals surface area contributed by atoms with Crippen molar-refractivity contribution in [3.63, 3.8) is 0 Å². The summed E-state index contributed by atoms with van der Waals surface area (Å²) in [6.07, 6.45) is 0.137. The molecule has 4 atom stereocenters. The van der Waals surface area contributed by atoms with Crippen LogP contribution in [0.2, 0.25) is 0 Å². The molecule has 0 heterocycles. The molecule has 198 valence electrons. The average Bonchev–Trinajstić information content (AvgIpc) is 2.83. The van der Waals surface area contributed by atoms with Crippen molar-refractivity contribution in [3.05, 3.63) is 69.7 Å². The maximum absolute atomic E-state index is 13.9. The van der Waals surface area contributed by atoms with Crippen LogP contribution >= 0.6 is 0 Å². The molecule has 5 rings (SSSR count). The van der Waals surface area contributed by atoms with Crippen molar-refractivity contribution in [1.29, 1.82) is 0 Å². The molecule has 2 aromatic rings. The van der Waals surface area contributed by atoms with Gasteiger partial charge in [-0.2, -0.15) is 0 Å². The quantitative estimate of drug-likeness (QED) is 0.383. The lowest BCUT2D eigenvalue weighted by atomic mass is 9.57. The summed E-state index contributed by atoms with van der Waals surface area (Å²) in [5, 5.41) is 44.6. The van der Waals surface area contributed by atoms with E-state index in [9.17, 15) is 39.2 Å². The van der Waals surface area contributed by atoms with E-state index in [-0.39, 0.29) is 35.5 Å². The number of phenols is 1. The largest absolute Gasteiger partial charge is 0.508 e. The Balaban J connectivity index is 1.74. The first-order chi connectivity index (χ1) is 17.8. The summed E-state index contributed by atoms with van der Waals surface area (Å²) in [6.45, 7) is 1.61. The molecule has 1 unspecified atom stereocenters. The number of aliphatic hydroxyl groups is 3. The SMILES string of the molecule is Cc1cc(-c2ccc(O)c3c2C[C@H]2CC4[C@H](N(C)C)C(=O)C(C(N)=O)=C(O)[C@@]4(O)C(=O)C2=C3O)ccc1F. The topological polar surface area (TPSA) is 161 Å². The number of primary amides is 1. The predicted molar refractivity (Wildman–Crippen MR) is 134 cm³/mol. The van der Waals surface area contributed by atoms with Gasteiger partial charge in [0.1, 0.15) is 28.7 Å². The zero-order chi connectivity index (χ0) is 27.8. The number of amides is 1. The number of Topliss-reactive ketones (excluding diaryl/α,β-unsaturated/α-hetero) is 2. The van der Waals surface area contributed by atoms with E-state index >= 15 is 0 Å². The molecule has 0 saturated heterocycles. The summed E-state index contributed by atoms with van der Waals surface area (Å²) in [7, 11) is 3.08. The van der Waals surface area contributed by atoms with E-state index in [2.05, 4.69) is 0 Å². The number of carbonyl (C=O) groups excluding carboxylic acids is 3. The first-order valence-corrected chi connectivity index (χ1v) is 12.1. The fraction of sp³-hybridized carbons (Fsp3) is 0.321. The number of fused-ring (bicyclic) bond motifs is 3. The van der Waals surface area contributed by atoms with Crippen LogP contribution in [0.5, 0.6) is 5.75 Å². The third-order valence-electron chi connectivity index (χ3n) is 8.07. The summed E-state index contributed by atoms with van der Waals surface area (Å²) in [6, 6.07) is 6.36. The lowest BCUT2D eigenvalue weighted by Crippen LogP contribution is -2.65. The Kier molecular flexibility index (Phi) is 5.73. The molecular formula is C28H27FN2O7. The van der Waals surface area contributed by atoms with Crippen molar-refractivity contribution in [2.75, 3.05) is 14.1 Å². The molecule has 0 bridgehead atoms. The van der Waals surface area contributed by atoms with Crippen molar-refractivity contribution in [2.24, 2.45) is 17.6 Å². The number of nitrogens with zero attached hydrogens (tertiary/aromatic N) is 1. The lowest BCUT2D eigenvalue weighted by Gasteiger charge is -2.50. The van der Waals surface area contributed by atoms with Crippen molar-refractivity contribution in [2.45, 2.75) is 31.4 Å². The van der Waals surface area contributed by atoms with Crippen LogP contribution in [0.15, 0.2) is 47.2 Å². The average molecular weight is 523 g/mol. The highest BCUT2D eigenvalue weighted by atomic mass is 19.1. The molecule has 9 nitrogen and oxygen atoms in total. The van der Waals surface area contributed by atoms with Crippen molar-refractivity contribution in [1.82, 2.24) is 4.90 Å². The van der Waals surface area contributed by atoms with Crippen LogP contribution in [0.25, 0.3) is 16.9 Å². The molecular weight excluding hydrogens is 495 g/mol. The van der Waals surface area contributed by atoms with Gasteiger partial charge in [-0.05, 0) is 80.2 Å². The van der Waals surface area contributed by atoms with Gasteiger partial charge in [0.15, 0.2) is 11.4 Å². The number of nitrogens with two attached hydrogens (primary N) is 1. The Morgan fingerprint density at radius 3 is 2.42 bits per heavy atom. The van der Waals surface area contributed by atoms with Gasteiger partial charge >= 0.3 is 0 Å². The zero-order valence-electron chi connectivity index (χ0n) is 20.9. The smallest absolute Gasteiger partial charge is 0.255 e. The van der Waals surface area contributed by atoms with Gasteiger partial charge in [-0.15, -0.1) is 0 Å². The number of aromatic hydroxyl groups is 1. The molecule has 10 heteroatoms. The van der Waals surface area contributed by atoms with Crippen LogP contribution in [-0.2, 0) is 20.8 Å². The minimum absolute atomic E-state index is 0.0106. The third-order valence-corrected chi connectivity index (χ3v) is 8.07. The summed E-state index contributed by atoms with van der Waals surface area (Å²) in [5.74, 6) is -7.41. The van der Waals surface area contributed by atoms with Crippen LogP contribution in [0.4, 0.5) is 4.39 Å². The van der Waals surface area contributed by atoms with Gasteiger partial charge in [-0.1, -0.05) is 12.1 Å². The molecule has 38 heavy (non-hydrogen) atoms. The molecule has 1 saturated carbocycles. The Hall–Kier alpha value is -4.02. The van der Waals surface area contributed by atoms with Gasteiger partial charge in [0.05, 0.1) is 11.6 Å². The number of aliphatic hydroxyl groups excluding tert-OH is 2. The molecule has 1 amide bonds. The van der Waals surface area contributed by atoms with E-state index in [0.29, 0.717) is 22.3 Å². The molecule has 1 fully saturated rings. The maximum Gasteiger partial charge on any atom is 0.255 e. The Morgan fingerprint density at radius 1 is 1.13 bits per heavy atom. The summed E-state index contributed by atoms with van der Waals surface area (Å²) >= 11 is 0. The van der Waals surface area contributed by atoms with E-state index < -0.39 is 58.0 Å². The summed E-state index contributed by atoms with van der Waals surface area (Å²) < 4.78 is 13.9. The van der Waals surface area contributed by atoms with E-state index in [1.54, 1.807) is 39.2 Å².